The zero-order chi connectivity index (χ0) is 21.7. The summed E-state index contributed by atoms with van der Waals surface area (Å²) < 4.78 is 46.2. The molecule has 1 N–H and O–H groups in total. The van der Waals surface area contributed by atoms with Crippen LogP contribution in [0.5, 0.6) is 5.75 Å². The van der Waals surface area contributed by atoms with Crippen LogP contribution in [0.15, 0.2) is 53.4 Å². The van der Waals surface area contributed by atoms with Gasteiger partial charge in [-0.1, -0.05) is 25.5 Å². The Balaban J connectivity index is 1.87. The normalized spacial score (nSPS) is 19.6. The van der Waals surface area contributed by atoms with E-state index in [0.717, 1.165) is 18.4 Å². The van der Waals surface area contributed by atoms with Crippen molar-refractivity contribution < 1.29 is 22.3 Å². The number of sulfonamides is 1. The van der Waals surface area contributed by atoms with Gasteiger partial charge in [0.25, 0.3) is 0 Å². The number of hydrogen-bond donors (Lipinski definition) is 1. The summed E-state index contributed by atoms with van der Waals surface area (Å²) in [6.07, 6.45) is 1.80. The van der Waals surface area contributed by atoms with E-state index in [-0.39, 0.29) is 35.6 Å². The maximum Gasteiger partial charge on any atom is 0.243 e. The Morgan fingerprint density at radius 2 is 1.80 bits per heavy atom. The summed E-state index contributed by atoms with van der Waals surface area (Å²) in [4.78, 5) is 13.0. The Kier molecular flexibility index (Phi) is 7.10. The van der Waals surface area contributed by atoms with Gasteiger partial charge in [-0.2, -0.15) is 4.31 Å². The number of rotatable bonds is 8. The lowest BCUT2D eigenvalue weighted by Gasteiger charge is -2.18. The van der Waals surface area contributed by atoms with Crippen LogP contribution in [0.2, 0.25) is 0 Å². The predicted octanol–water partition coefficient (Wildman–Crippen LogP) is 3.15. The molecule has 0 unspecified atom stereocenters. The number of carbonyl (C=O) groups excluding carboxylic acids is 1. The SMILES string of the molecule is CCCCNC(=O)[C@H]1CN(S(=O)(=O)c2ccc(OC)cc2)C[C@@H]1c1ccc(F)cc1. The molecule has 0 aliphatic carbocycles. The third kappa shape index (κ3) is 4.82. The van der Waals surface area contributed by atoms with Gasteiger partial charge in [-0.15, -0.1) is 0 Å². The van der Waals surface area contributed by atoms with Gasteiger partial charge >= 0.3 is 0 Å². The summed E-state index contributed by atoms with van der Waals surface area (Å²) in [5, 5.41) is 2.91. The minimum absolute atomic E-state index is 0.0777. The molecular formula is C22H27FN2O4S. The third-order valence-corrected chi connectivity index (χ3v) is 7.29. The molecule has 2 aromatic rings. The lowest BCUT2D eigenvalue weighted by molar-refractivity contribution is -0.124. The Bertz CT molecular complexity index is 962. The highest BCUT2D eigenvalue weighted by Gasteiger charge is 2.43. The number of nitrogens with one attached hydrogen (secondary N) is 1. The Labute approximate surface area is 177 Å². The molecule has 6 nitrogen and oxygen atoms in total. The van der Waals surface area contributed by atoms with E-state index in [1.54, 1.807) is 24.3 Å². The second kappa shape index (κ2) is 9.57. The fourth-order valence-corrected chi connectivity index (χ4v) is 5.19. The van der Waals surface area contributed by atoms with E-state index in [4.69, 9.17) is 4.74 Å². The third-order valence-electron chi connectivity index (χ3n) is 5.45. The largest absolute Gasteiger partial charge is 0.497 e. The lowest BCUT2D eigenvalue weighted by atomic mass is 9.88. The highest BCUT2D eigenvalue weighted by Crippen LogP contribution is 2.36. The standard InChI is InChI=1S/C22H27FN2O4S/c1-3-4-13-24-22(26)21-15-25(14-20(21)16-5-7-17(23)8-6-16)30(27,28)19-11-9-18(29-2)10-12-19/h5-12,20-21H,3-4,13-15H2,1-2H3,(H,24,26)/t20-,21+/m1/s1. The molecule has 1 heterocycles. The van der Waals surface area contributed by atoms with Crippen molar-refractivity contribution >= 4 is 15.9 Å². The van der Waals surface area contributed by atoms with Crippen LogP contribution >= 0.6 is 0 Å². The number of carbonyl (C=O) groups is 1. The molecule has 8 heteroatoms. The van der Waals surface area contributed by atoms with E-state index < -0.39 is 15.9 Å². The minimum atomic E-state index is -3.78. The van der Waals surface area contributed by atoms with E-state index in [1.165, 1.54) is 35.7 Å². The van der Waals surface area contributed by atoms with Crippen LogP contribution in [0.3, 0.4) is 0 Å². The van der Waals surface area contributed by atoms with Crippen LogP contribution in [0.4, 0.5) is 4.39 Å². The molecule has 1 aliphatic rings. The van der Waals surface area contributed by atoms with Gasteiger partial charge in [0.05, 0.1) is 17.9 Å². The fourth-order valence-electron chi connectivity index (χ4n) is 3.69. The topological polar surface area (TPSA) is 75.7 Å². The van der Waals surface area contributed by atoms with Crippen molar-refractivity contribution in [3.05, 3.63) is 59.9 Å². The number of halogens is 1. The first-order valence-electron chi connectivity index (χ1n) is 10.0. The van der Waals surface area contributed by atoms with Crippen LogP contribution in [-0.4, -0.2) is 45.4 Å². The van der Waals surface area contributed by atoms with E-state index >= 15 is 0 Å². The number of amides is 1. The minimum Gasteiger partial charge on any atom is -0.497 e. The van der Waals surface area contributed by atoms with Crippen LogP contribution in [0.1, 0.15) is 31.2 Å². The van der Waals surface area contributed by atoms with Crippen molar-refractivity contribution in [2.45, 2.75) is 30.6 Å². The second-order valence-electron chi connectivity index (χ2n) is 7.41. The molecule has 1 saturated heterocycles. The number of methoxy groups -OCH3 is 1. The van der Waals surface area contributed by atoms with Crippen molar-refractivity contribution in [2.24, 2.45) is 5.92 Å². The predicted molar refractivity (Wildman–Crippen MR) is 112 cm³/mol. The molecule has 30 heavy (non-hydrogen) atoms. The van der Waals surface area contributed by atoms with Gasteiger partial charge in [0.2, 0.25) is 15.9 Å². The van der Waals surface area contributed by atoms with Crippen molar-refractivity contribution in [3.8, 4) is 5.75 Å². The summed E-state index contributed by atoms with van der Waals surface area (Å²) in [6, 6.07) is 12.1. The summed E-state index contributed by atoms with van der Waals surface area (Å²) in [6.45, 7) is 2.82. The Hall–Kier alpha value is -2.45. The highest BCUT2D eigenvalue weighted by atomic mass is 32.2. The quantitative estimate of drug-likeness (QED) is 0.648. The molecule has 0 saturated carbocycles. The maximum absolute atomic E-state index is 13.4. The summed E-state index contributed by atoms with van der Waals surface area (Å²) in [5.41, 5.74) is 0.750. The van der Waals surface area contributed by atoms with E-state index in [0.29, 0.717) is 12.3 Å². The molecule has 162 valence electrons. The monoisotopic (exact) mass is 434 g/mol. The highest BCUT2D eigenvalue weighted by molar-refractivity contribution is 7.89. The van der Waals surface area contributed by atoms with E-state index in [9.17, 15) is 17.6 Å². The molecule has 2 atom stereocenters. The smallest absolute Gasteiger partial charge is 0.243 e. The van der Waals surface area contributed by atoms with Gasteiger partial charge < -0.3 is 10.1 Å². The number of hydrogen-bond acceptors (Lipinski definition) is 4. The Morgan fingerprint density at radius 1 is 1.13 bits per heavy atom. The molecule has 0 bridgehead atoms. The van der Waals surface area contributed by atoms with Gasteiger partial charge in [-0.3, -0.25) is 4.79 Å². The average Bonchev–Trinajstić information content (AvgIpc) is 3.21. The summed E-state index contributed by atoms with van der Waals surface area (Å²) in [5.74, 6) is -0.873. The van der Waals surface area contributed by atoms with Crippen LogP contribution in [0, 0.1) is 11.7 Å². The van der Waals surface area contributed by atoms with Crippen molar-refractivity contribution in [2.75, 3.05) is 26.7 Å². The molecule has 2 aromatic carbocycles. The Morgan fingerprint density at radius 3 is 2.40 bits per heavy atom. The van der Waals surface area contributed by atoms with Crippen LogP contribution in [-0.2, 0) is 14.8 Å². The number of nitrogens with zero attached hydrogens (tertiary/aromatic N) is 1. The van der Waals surface area contributed by atoms with E-state index in [1.807, 2.05) is 6.92 Å². The number of benzene rings is 2. The average molecular weight is 435 g/mol. The number of ether oxygens (including phenoxy) is 1. The van der Waals surface area contributed by atoms with Gasteiger partial charge in [-0.05, 0) is 48.4 Å². The van der Waals surface area contributed by atoms with E-state index in [2.05, 4.69) is 5.32 Å². The summed E-state index contributed by atoms with van der Waals surface area (Å²) in [7, 11) is -2.27. The van der Waals surface area contributed by atoms with Crippen LogP contribution in [0.25, 0.3) is 0 Å². The van der Waals surface area contributed by atoms with Gasteiger partial charge in [0.15, 0.2) is 0 Å². The number of unbranched alkanes of at least 4 members (excludes halogenated alkanes) is 1. The van der Waals surface area contributed by atoms with Gasteiger partial charge in [0.1, 0.15) is 11.6 Å². The van der Waals surface area contributed by atoms with Crippen LogP contribution < -0.4 is 10.1 Å². The maximum atomic E-state index is 13.4. The molecule has 1 aliphatic heterocycles. The van der Waals surface area contributed by atoms with Crippen molar-refractivity contribution in [1.82, 2.24) is 9.62 Å². The first kappa shape index (κ1) is 22.2. The molecule has 1 amide bonds. The molecule has 0 spiro atoms. The van der Waals surface area contributed by atoms with Crippen molar-refractivity contribution in [3.63, 3.8) is 0 Å². The first-order valence-corrected chi connectivity index (χ1v) is 11.5. The first-order chi connectivity index (χ1) is 14.4. The summed E-state index contributed by atoms with van der Waals surface area (Å²) >= 11 is 0. The second-order valence-corrected chi connectivity index (χ2v) is 9.34. The van der Waals surface area contributed by atoms with Gasteiger partial charge in [0, 0.05) is 25.6 Å². The molecular weight excluding hydrogens is 407 g/mol. The zero-order valence-electron chi connectivity index (χ0n) is 17.2. The zero-order valence-corrected chi connectivity index (χ0v) is 18.0. The van der Waals surface area contributed by atoms with Crippen molar-refractivity contribution in [1.29, 1.82) is 0 Å². The molecule has 1 fully saturated rings. The fraction of sp³-hybridized carbons (Fsp3) is 0.409. The molecule has 0 aromatic heterocycles. The molecule has 3 rings (SSSR count). The molecule has 0 radical (unpaired) electrons. The van der Waals surface area contributed by atoms with Gasteiger partial charge in [-0.25, -0.2) is 12.8 Å². The lowest BCUT2D eigenvalue weighted by Crippen LogP contribution is -2.36.